The number of aromatic nitrogens is 3. The number of nitrogens with one attached hydrogen (secondary N) is 1. The van der Waals surface area contributed by atoms with Gasteiger partial charge in [-0.05, 0) is 49.5 Å². The van der Waals surface area contributed by atoms with Crippen molar-refractivity contribution in [3.05, 3.63) is 75.9 Å². The summed E-state index contributed by atoms with van der Waals surface area (Å²) in [5.74, 6) is -0.303. The lowest BCUT2D eigenvalue weighted by Crippen LogP contribution is -2.44. The number of fused-ring (bicyclic) bond motifs is 1. The average Bonchev–Trinajstić information content (AvgIpc) is 2.85. The highest BCUT2D eigenvalue weighted by Crippen LogP contribution is 2.30. The molecule has 2 aromatic heterocycles. The van der Waals surface area contributed by atoms with Crippen molar-refractivity contribution in [2.75, 3.05) is 50.6 Å². The van der Waals surface area contributed by atoms with Crippen LogP contribution in [0.2, 0.25) is 5.02 Å². The van der Waals surface area contributed by atoms with E-state index in [1.807, 2.05) is 12.1 Å². The first-order valence-corrected chi connectivity index (χ1v) is 11.5. The van der Waals surface area contributed by atoms with Gasteiger partial charge in [-0.15, -0.1) is 4.73 Å². The van der Waals surface area contributed by atoms with Gasteiger partial charge in [-0.3, -0.25) is 4.79 Å². The molecule has 1 saturated heterocycles. The van der Waals surface area contributed by atoms with E-state index in [2.05, 4.69) is 44.3 Å². The van der Waals surface area contributed by atoms with E-state index in [4.69, 9.17) is 16.4 Å². The zero-order chi connectivity index (χ0) is 24.5. The Morgan fingerprint density at radius 1 is 1.08 bits per heavy atom. The van der Waals surface area contributed by atoms with Crippen molar-refractivity contribution >= 4 is 40.0 Å². The standard InChI is InChI=1S/C25H24ClFN6O2.CH4/c1-31-10-12-32(13-11-31)18-8-6-17(7-9-18)29-25-28-15-16-14-19(22-20(26)4-3-5-21(22)27)24(34)33(35-2)23(16)30-25;/h3-9,14-15H,10-13H2,1-2H3,(H,28,29,30);1H4. The van der Waals surface area contributed by atoms with Gasteiger partial charge in [0.25, 0.3) is 5.56 Å². The Morgan fingerprint density at radius 3 is 2.47 bits per heavy atom. The maximum Gasteiger partial charge on any atom is 0.293 e. The number of nitrogens with zero attached hydrogens (tertiary/aromatic N) is 5. The minimum Gasteiger partial charge on any atom is -0.412 e. The van der Waals surface area contributed by atoms with Gasteiger partial charge in [-0.1, -0.05) is 25.1 Å². The summed E-state index contributed by atoms with van der Waals surface area (Å²) in [5, 5.41) is 3.79. The van der Waals surface area contributed by atoms with E-state index in [1.54, 1.807) is 6.20 Å². The molecule has 4 aromatic rings. The maximum atomic E-state index is 14.5. The maximum absolute atomic E-state index is 14.5. The molecule has 0 bridgehead atoms. The number of piperazine rings is 1. The third kappa shape index (κ3) is 4.84. The smallest absolute Gasteiger partial charge is 0.293 e. The summed E-state index contributed by atoms with van der Waals surface area (Å²) in [6, 6.07) is 13.8. The topological polar surface area (TPSA) is 75.5 Å². The van der Waals surface area contributed by atoms with Gasteiger partial charge in [0, 0.05) is 54.7 Å². The number of anilines is 3. The molecule has 0 unspecified atom stereocenters. The molecule has 36 heavy (non-hydrogen) atoms. The van der Waals surface area contributed by atoms with E-state index in [0.717, 1.165) is 42.3 Å². The number of hydrogen-bond acceptors (Lipinski definition) is 7. The molecular formula is C26H28ClFN6O2. The Kier molecular flexibility index (Phi) is 7.42. The van der Waals surface area contributed by atoms with Crippen LogP contribution < -0.4 is 20.6 Å². The number of likely N-dealkylation sites (N-methyl/N-ethyl adjacent to an activating group) is 1. The third-order valence-electron chi connectivity index (χ3n) is 6.11. The van der Waals surface area contributed by atoms with Crippen LogP contribution in [0.4, 0.5) is 21.7 Å². The summed E-state index contributed by atoms with van der Waals surface area (Å²) in [5.41, 5.74) is 1.72. The van der Waals surface area contributed by atoms with E-state index in [0.29, 0.717) is 11.3 Å². The molecule has 1 N–H and O–H groups in total. The van der Waals surface area contributed by atoms with Crippen molar-refractivity contribution in [1.82, 2.24) is 19.6 Å². The molecule has 3 heterocycles. The summed E-state index contributed by atoms with van der Waals surface area (Å²) in [6.45, 7) is 4.06. The van der Waals surface area contributed by atoms with Crippen molar-refractivity contribution in [2.24, 2.45) is 0 Å². The Labute approximate surface area is 213 Å². The largest absolute Gasteiger partial charge is 0.412 e. The third-order valence-corrected chi connectivity index (χ3v) is 6.42. The molecule has 2 aromatic carbocycles. The highest BCUT2D eigenvalue weighted by molar-refractivity contribution is 6.33. The van der Waals surface area contributed by atoms with Crippen LogP contribution in [0.15, 0.2) is 59.5 Å². The molecule has 10 heteroatoms. The molecule has 0 radical (unpaired) electrons. The van der Waals surface area contributed by atoms with E-state index >= 15 is 0 Å². The summed E-state index contributed by atoms with van der Waals surface area (Å²) in [6.07, 6.45) is 1.55. The second-order valence-electron chi connectivity index (χ2n) is 8.37. The highest BCUT2D eigenvalue weighted by Gasteiger charge is 2.19. The normalized spacial score (nSPS) is 13.9. The van der Waals surface area contributed by atoms with Crippen molar-refractivity contribution in [3.63, 3.8) is 0 Å². The molecule has 1 aliphatic heterocycles. The molecule has 0 amide bonds. The predicted octanol–water partition coefficient (Wildman–Crippen LogP) is 4.44. The van der Waals surface area contributed by atoms with E-state index in [1.165, 1.54) is 31.4 Å². The Hall–Kier alpha value is -3.69. The monoisotopic (exact) mass is 510 g/mol. The first kappa shape index (κ1) is 25.4. The molecule has 0 spiro atoms. The Bertz CT molecular complexity index is 1420. The Morgan fingerprint density at radius 2 is 1.81 bits per heavy atom. The first-order chi connectivity index (χ1) is 16.9. The summed E-state index contributed by atoms with van der Waals surface area (Å²) >= 11 is 6.19. The molecular weight excluding hydrogens is 483 g/mol. The lowest BCUT2D eigenvalue weighted by molar-refractivity contribution is 0.168. The minimum atomic E-state index is -0.601. The van der Waals surface area contributed by atoms with Gasteiger partial charge in [-0.2, -0.15) is 4.98 Å². The molecule has 0 aliphatic carbocycles. The van der Waals surface area contributed by atoms with Gasteiger partial charge in [0.15, 0.2) is 5.65 Å². The predicted molar refractivity (Wildman–Crippen MR) is 143 cm³/mol. The Balaban J connectivity index is 0.00000304. The van der Waals surface area contributed by atoms with Crippen LogP contribution in [0.3, 0.4) is 0 Å². The van der Waals surface area contributed by atoms with Crippen molar-refractivity contribution in [3.8, 4) is 11.1 Å². The van der Waals surface area contributed by atoms with E-state index < -0.39 is 11.4 Å². The average molecular weight is 511 g/mol. The van der Waals surface area contributed by atoms with Crippen molar-refractivity contribution < 1.29 is 9.23 Å². The van der Waals surface area contributed by atoms with Gasteiger partial charge in [-0.25, -0.2) is 9.37 Å². The zero-order valence-electron chi connectivity index (χ0n) is 19.3. The van der Waals surface area contributed by atoms with Crippen LogP contribution in [0.25, 0.3) is 22.2 Å². The number of rotatable bonds is 5. The van der Waals surface area contributed by atoms with Gasteiger partial charge in [0.1, 0.15) is 12.9 Å². The number of hydrogen-bond donors (Lipinski definition) is 1. The molecule has 0 saturated carbocycles. The van der Waals surface area contributed by atoms with Crippen molar-refractivity contribution in [2.45, 2.75) is 7.43 Å². The number of halogens is 2. The zero-order valence-corrected chi connectivity index (χ0v) is 20.1. The van der Waals surface area contributed by atoms with E-state index in [-0.39, 0.29) is 29.2 Å². The van der Waals surface area contributed by atoms with Crippen LogP contribution in [0.5, 0.6) is 0 Å². The highest BCUT2D eigenvalue weighted by atomic mass is 35.5. The minimum absolute atomic E-state index is 0. The second kappa shape index (κ2) is 10.5. The van der Waals surface area contributed by atoms with Gasteiger partial charge in [0.05, 0.1) is 10.6 Å². The van der Waals surface area contributed by atoms with Gasteiger partial charge >= 0.3 is 0 Å². The molecule has 1 aliphatic rings. The van der Waals surface area contributed by atoms with Crippen LogP contribution in [0, 0.1) is 5.82 Å². The fraction of sp³-hybridized carbons (Fsp3) is 0.269. The van der Waals surface area contributed by atoms with Crippen LogP contribution in [0.1, 0.15) is 7.43 Å². The fourth-order valence-electron chi connectivity index (χ4n) is 4.18. The first-order valence-electron chi connectivity index (χ1n) is 11.2. The lowest BCUT2D eigenvalue weighted by Gasteiger charge is -2.34. The van der Waals surface area contributed by atoms with Gasteiger partial charge < -0.3 is 20.0 Å². The summed E-state index contributed by atoms with van der Waals surface area (Å²) in [7, 11) is 3.48. The number of benzene rings is 2. The summed E-state index contributed by atoms with van der Waals surface area (Å²) < 4.78 is 15.5. The molecule has 5 rings (SSSR count). The molecule has 188 valence electrons. The fourth-order valence-corrected chi connectivity index (χ4v) is 4.45. The number of pyridine rings is 1. The quantitative estimate of drug-likeness (QED) is 0.425. The summed E-state index contributed by atoms with van der Waals surface area (Å²) in [4.78, 5) is 31.9. The van der Waals surface area contributed by atoms with Crippen molar-refractivity contribution in [1.29, 1.82) is 0 Å². The van der Waals surface area contributed by atoms with Crippen LogP contribution in [-0.4, -0.2) is 59.9 Å². The SMILES string of the molecule is C.COn1c(=O)c(-c2c(F)cccc2Cl)cc2cnc(Nc3ccc(N4CCN(C)CC4)cc3)nc21. The molecule has 1 fully saturated rings. The molecule has 0 atom stereocenters. The van der Waals surface area contributed by atoms with Crippen LogP contribution >= 0.6 is 11.6 Å². The molecule has 8 nitrogen and oxygen atoms in total. The second-order valence-corrected chi connectivity index (χ2v) is 8.78. The van der Waals surface area contributed by atoms with E-state index in [9.17, 15) is 9.18 Å². The van der Waals surface area contributed by atoms with Crippen LogP contribution in [-0.2, 0) is 0 Å². The van der Waals surface area contributed by atoms with Gasteiger partial charge in [0.2, 0.25) is 5.95 Å². The lowest BCUT2D eigenvalue weighted by atomic mass is 10.1.